The molecule has 0 atom stereocenters. The fraction of sp³-hybridized carbons (Fsp3) is 0.300. The highest BCUT2D eigenvalue weighted by Gasteiger charge is 2.33. The summed E-state index contributed by atoms with van der Waals surface area (Å²) < 4.78 is 38.6. The molecule has 4 nitrogen and oxygen atoms in total. The maximum absolute atomic E-state index is 12.4. The summed E-state index contributed by atoms with van der Waals surface area (Å²) in [6.45, 7) is 1.92. The molecule has 0 unspecified atom stereocenters. The summed E-state index contributed by atoms with van der Waals surface area (Å²) in [6, 6.07) is 2.66. The van der Waals surface area contributed by atoms with Crippen molar-refractivity contribution in [2.45, 2.75) is 19.5 Å². The SMILES string of the molecule is CCc1ccn(-c2cnnc(C(F)(F)F)c2)n1. The molecule has 0 bridgehead atoms. The number of nitrogens with zero attached hydrogens (tertiary/aromatic N) is 4. The Labute approximate surface area is 95.1 Å². The van der Waals surface area contributed by atoms with Crippen molar-refractivity contribution in [1.29, 1.82) is 0 Å². The Hall–Kier alpha value is -1.92. The molecule has 0 fully saturated rings. The van der Waals surface area contributed by atoms with Crippen LogP contribution in [0.2, 0.25) is 0 Å². The van der Waals surface area contributed by atoms with Gasteiger partial charge in [0.2, 0.25) is 0 Å². The van der Waals surface area contributed by atoms with Gasteiger partial charge in [0.15, 0.2) is 5.69 Å². The minimum Gasteiger partial charge on any atom is -0.239 e. The van der Waals surface area contributed by atoms with Gasteiger partial charge in [0, 0.05) is 6.20 Å². The van der Waals surface area contributed by atoms with Crippen LogP contribution < -0.4 is 0 Å². The molecule has 0 saturated heterocycles. The lowest BCUT2D eigenvalue weighted by molar-refractivity contribution is -0.141. The van der Waals surface area contributed by atoms with Crippen molar-refractivity contribution in [3.8, 4) is 5.69 Å². The van der Waals surface area contributed by atoms with Gasteiger partial charge in [-0.05, 0) is 18.6 Å². The van der Waals surface area contributed by atoms with E-state index in [4.69, 9.17) is 0 Å². The highest BCUT2D eigenvalue weighted by Crippen LogP contribution is 2.27. The van der Waals surface area contributed by atoms with E-state index in [0.717, 1.165) is 18.2 Å². The Kier molecular flexibility index (Phi) is 2.83. The first-order valence-electron chi connectivity index (χ1n) is 4.95. The smallest absolute Gasteiger partial charge is 0.239 e. The highest BCUT2D eigenvalue weighted by atomic mass is 19.4. The van der Waals surface area contributed by atoms with E-state index in [2.05, 4.69) is 15.3 Å². The molecule has 2 rings (SSSR count). The van der Waals surface area contributed by atoms with Crippen molar-refractivity contribution in [2.75, 3.05) is 0 Å². The lowest BCUT2D eigenvalue weighted by atomic mass is 10.3. The summed E-state index contributed by atoms with van der Waals surface area (Å²) in [5.74, 6) is 0. The van der Waals surface area contributed by atoms with Crippen LogP contribution in [0.1, 0.15) is 18.3 Å². The van der Waals surface area contributed by atoms with E-state index in [-0.39, 0.29) is 5.69 Å². The zero-order valence-electron chi connectivity index (χ0n) is 8.94. The molecule has 0 aliphatic heterocycles. The number of aromatic nitrogens is 4. The van der Waals surface area contributed by atoms with E-state index in [9.17, 15) is 13.2 Å². The second-order valence-corrected chi connectivity index (χ2v) is 3.40. The van der Waals surface area contributed by atoms with Gasteiger partial charge >= 0.3 is 6.18 Å². The second-order valence-electron chi connectivity index (χ2n) is 3.40. The quantitative estimate of drug-likeness (QED) is 0.811. The van der Waals surface area contributed by atoms with Crippen molar-refractivity contribution in [1.82, 2.24) is 20.0 Å². The molecule has 17 heavy (non-hydrogen) atoms. The van der Waals surface area contributed by atoms with Gasteiger partial charge in [0.1, 0.15) is 0 Å². The van der Waals surface area contributed by atoms with Crippen LogP contribution in [-0.4, -0.2) is 20.0 Å². The number of halogens is 3. The number of hydrogen-bond donors (Lipinski definition) is 0. The Morgan fingerprint density at radius 3 is 2.71 bits per heavy atom. The number of alkyl halides is 3. The summed E-state index contributed by atoms with van der Waals surface area (Å²) >= 11 is 0. The summed E-state index contributed by atoms with van der Waals surface area (Å²) in [4.78, 5) is 0. The molecule has 0 amide bonds. The minimum absolute atomic E-state index is 0.243. The molecule has 0 N–H and O–H groups in total. The Morgan fingerprint density at radius 1 is 1.35 bits per heavy atom. The molecule has 2 heterocycles. The normalized spacial score (nSPS) is 11.8. The van der Waals surface area contributed by atoms with E-state index in [1.165, 1.54) is 10.9 Å². The van der Waals surface area contributed by atoms with Crippen molar-refractivity contribution < 1.29 is 13.2 Å². The van der Waals surface area contributed by atoms with Crippen LogP contribution in [-0.2, 0) is 12.6 Å². The number of aryl methyl sites for hydroxylation is 1. The van der Waals surface area contributed by atoms with Crippen LogP contribution in [0.15, 0.2) is 24.5 Å². The highest BCUT2D eigenvalue weighted by molar-refractivity contribution is 5.29. The van der Waals surface area contributed by atoms with Crippen LogP contribution in [0.5, 0.6) is 0 Å². The van der Waals surface area contributed by atoms with Crippen LogP contribution in [0.25, 0.3) is 5.69 Å². The third kappa shape index (κ3) is 2.43. The lowest BCUT2D eigenvalue weighted by Crippen LogP contribution is -2.10. The first-order chi connectivity index (χ1) is 8.00. The van der Waals surface area contributed by atoms with Gasteiger partial charge in [-0.15, -0.1) is 5.10 Å². The standard InChI is InChI=1S/C10H9F3N4/c1-2-7-3-4-17(16-7)8-5-9(10(11,12)13)15-14-6-8/h3-6H,2H2,1H3. The molecule has 0 spiro atoms. The summed E-state index contributed by atoms with van der Waals surface area (Å²) in [6.07, 6.45) is -0.945. The molecule has 90 valence electrons. The van der Waals surface area contributed by atoms with E-state index < -0.39 is 11.9 Å². The second kappa shape index (κ2) is 4.15. The van der Waals surface area contributed by atoms with E-state index in [1.54, 1.807) is 12.3 Å². The van der Waals surface area contributed by atoms with Crippen LogP contribution in [0.4, 0.5) is 13.2 Å². The predicted octanol–water partition coefficient (Wildman–Crippen LogP) is 2.24. The first-order valence-corrected chi connectivity index (χ1v) is 4.95. The fourth-order valence-electron chi connectivity index (χ4n) is 1.31. The Bertz CT molecular complexity index is 518. The summed E-state index contributed by atoms with van der Waals surface area (Å²) in [7, 11) is 0. The van der Waals surface area contributed by atoms with Crippen molar-refractivity contribution in [3.63, 3.8) is 0 Å². The topological polar surface area (TPSA) is 43.6 Å². The van der Waals surface area contributed by atoms with Gasteiger partial charge in [-0.25, -0.2) is 4.68 Å². The molecule has 0 aromatic carbocycles. The van der Waals surface area contributed by atoms with Crippen LogP contribution in [0.3, 0.4) is 0 Å². The molecule has 2 aromatic heterocycles. The third-order valence-corrected chi connectivity index (χ3v) is 2.20. The van der Waals surface area contributed by atoms with Gasteiger partial charge in [0.25, 0.3) is 0 Å². The van der Waals surface area contributed by atoms with E-state index in [0.29, 0.717) is 0 Å². The Balaban J connectivity index is 2.39. The monoisotopic (exact) mass is 242 g/mol. The molecule has 0 aliphatic carbocycles. The average Bonchev–Trinajstić information content (AvgIpc) is 2.76. The molecule has 7 heteroatoms. The molecular formula is C10H9F3N4. The maximum atomic E-state index is 12.4. The first kappa shape index (κ1) is 11.6. The predicted molar refractivity (Wildman–Crippen MR) is 53.5 cm³/mol. The molecular weight excluding hydrogens is 233 g/mol. The molecule has 0 aliphatic rings. The van der Waals surface area contributed by atoms with Gasteiger partial charge < -0.3 is 0 Å². The van der Waals surface area contributed by atoms with Gasteiger partial charge in [-0.3, -0.25) is 0 Å². The molecule has 2 aromatic rings. The van der Waals surface area contributed by atoms with Crippen LogP contribution in [0, 0.1) is 0 Å². The number of hydrogen-bond acceptors (Lipinski definition) is 3. The van der Waals surface area contributed by atoms with Gasteiger partial charge in [-0.1, -0.05) is 6.92 Å². The zero-order valence-corrected chi connectivity index (χ0v) is 8.94. The molecule has 0 radical (unpaired) electrons. The summed E-state index contributed by atoms with van der Waals surface area (Å²) in [5, 5.41) is 10.5. The van der Waals surface area contributed by atoms with Crippen molar-refractivity contribution in [3.05, 3.63) is 35.9 Å². The van der Waals surface area contributed by atoms with Crippen LogP contribution >= 0.6 is 0 Å². The van der Waals surface area contributed by atoms with Crippen molar-refractivity contribution in [2.24, 2.45) is 0 Å². The van der Waals surface area contributed by atoms with Gasteiger partial charge in [-0.2, -0.15) is 23.4 Å². The zero-order chi connectivity index (χ0) is 12.5. The van der Waals surface area contributed by atoms with Crippen molar-refractivity contribution >= 4 is 0 Å². The van der Waals surface area contributed by atoms with E-state index >= 15 is 0 Å². The lowest BCUT2D eigenvalue weighted by Gasteiger charge is -2.06. The number of rotatable bonds is 2. The Morgan fingerprint density at radius 2 is 2.12 bits per heavy atom. The van der Waals surface area contributed by atoms with E-state index in [1.807, 2.05) is 6.92 Å². The minimum atomic E-state index is -4.50. The fourth-order valence-corrected chi connectivity index (χ4v) is 1.31. The third-order valence-electron chi connectivity index (χ3n) is 2.20. The largest absolute Gasteiger partial charge is 0.435 e. The maximum Gasteiger partial charge on any atom is 0.435 e. The van der Waals surface area contributed by atoms with Gasteiger partial charge in [0.05, 0.1) is 17.6 Å². The summed E-state index contributed by atoms with van der Waals surface area (Å²) in [5.41, 5.74) is 0.0194. The molecule has 0 saturated carbocycles. The average molecular weight is 242 g/mol.